The maximum atomic E-state index is 9.21. The molecule has 0 bridgehead atoms. The molecule has 0 saturated carbocycles. The number of fused-ring (bicyclic) bond motifs is 1. The molecule has 0 spiro atoms. The third-order valence-electron chi connectivity index (χ3n) is 6.23. The van der Waals surface area contributed by atoms with Gasteiger partial charge in [-0.3, -0.25) is 0 Å². The second-order valence-electron chi connectivity index (χ2n) is 8.93. The number of aromatic nitrogens is 2. The molecule has 0 unspecified atom stereocenters. The van der Waals surface area contributed by atoms with Crippen molar-refractivity contribution >= 4 is 45.6 Å². The summed E-state index contributed by atoms with van der Waals surface area (Å²) in [6.45, 7) is 1.85. The number of hydrogen-bond acceptors (Lipinski definition) is 8. The van der Waals surface area contributed by atoms with Gasteiger partial charge in [-0.15, -0.1) is 6.42 Å². The monoisotopic (exact) mass is 561 g/mol. The molecule has 5 aromatic rings. The number of anilines is 4. The Balaban J connectivity index is 1.52. The van der Waals surface area contributed by atoms with E-state index in [1.807, 2.05) is 37.3 Å². The standard InChI is InChI=1S/C32H24ClN5O3/c1-5-20-7-6-8-22(14-20)35-31-25-16-29(39-3)30(40-4)17-27(25)37-32(38-31)36-23-10-12-26(33)28(15-23)41-24-11-9-21(18-34)19(2)13-24/h1,6-17H,2-4H3,(H2,35,36,37,38). The van der Waals surface area contributed by atoms with Gasteiger partial charge in [0.15, 0.2) is 11.5 Å². The lowest BCUT2D eigenvalue weighted by molar-refractivity contribution is 0.356. The van der Waals surface area contributed by atoms with Gasteiger partial charge < -0.3 is 24.8 Å². The van der Waals surface area contributed by atoms with Gasteiger partial charge in [-0.05, 0) is 67.1 Å². The third-order valence-corrected chi connectivity index (χ3v) is 6.54. The van der Waals surface area contributed by atoms with Crippen molar-refractivity contribution in [2.24, 2.45) is 0 Å². The summed E-state index contributed by atoms with van der Waals surface area (Å²) < 4.78 is 17.1. The van der Waals surface area contributed by atoms with Gasteiger partial charge in [-0.25, -0.2) is 4.98 Å². The fourth-order valence-electron chi connectivity index (χ4n) is 4.17. The van der Waals surface area contributed by atoms with Crippen LogP contribution in [0.3, 0.4) is 0 Å². The Labute approximate surface area is 242 Å². The van der Waals surface area contributed by atoms with Crippen molar-refractivity contribution < 1.29 is 14.2 Å². The van der Waals surface area contributed by atoms with Crippen molar-refractivity contribution in [3.63, 3.8) is 0 Å². The summed E-state index contributed by atoms with van der Waals surface area (Å²) in [5.74, 6) is 5.56. The Kier molecular flexibility index (Phi) is 7.78. The largest absolute Gasteiger partial charge is 0.493 e. The summed E-state index contributed by atoms with van der Waals surface area (Å²) in [6.07, 6.45) is 5.60. The Hall–Kier alpha value is -5.44. The van der Waals surface area contributed by atoms with Crippen LogP contribution in [0.15, 0.2) is 72.8 Å². The molecular formula is C32H24ClN5O3. The van der Waals surface area contributed by atoms with E-state index in [9.17, 15) is 5.26 Å². The number of halogens is 1. The topological polar surface area (TPSA) is 101 Å². The van der Waals surface area contributed by atoms with E-state index in [-0.39, 0.29) is 0 Å². The van der Waals surface area contributed by atoms with Gasteiger partial charge in [0.1, 0.15) is 17.3 Å². The highest BCUT2D eigenvalue weighted by molar-refractivity contribution is 6.32. The van der Waals surface area contributed by atoms with E-state index in [1.54, 1.807) is 56.7 Å². The Morgan fingerprint density at radius 3 is 2.37 bits per heavy atom. The van der Waals surface area contributed by atoms with Crippen molar-refractivity contribution in [1.29, 1.82) is 5.26 Å². The molecule has 0 radical (unpaired) electrons. The predicted octanol–water partition coefficient (Wildman–Crippen LogP) is 7.74. The van der Waals surface area contributed by atoms with Gasteiger partial charge in [0.05, 0.1) is 36.4 Å². The molecule has 2 N–H and O–H groups in total. The first kappa shape index (κ1) is 27.1. The van der Waals surface area contributed by atoms with Crippen LogP contribution < -0.4 is 24.8 Å². The molecule has 1 heterocycles. The van der Waals surface area contributed by atoms with E-state index in [1.165, 1.54) is 0 Å². The number of hydrogen-bond donors (Lipinski definition) is 2. The van der Waals surface area contributed by atoms with Gasteiger partial charge in [0, 0.05) is 34.5 Å². The Bertz CT molecular complexity index is 1860. The number of methoxy groups -OCH3 is 2. The number of nitriles is 1. The zero-order valence-corrected chi connectivity index (χ0v) is 23.2. The number of terminal acetylenes is 1. The van der Waals surface area contributed by atoms with Crippen LogP contribution >= 0.6 is 11.6 Å². The molecule has 0 aliphatic rings. The lowest BCUT2D eigenvalue weighted by atomic mass is 10.1. The summed E-state index contributed by atoms with van der Waals surface area (Å²) in [6, 6.07) is 23.7. The molecule has 9 heteroatoms. The van der Waals surface area contributed by atoms with E-state index in [4.69, 9.17) is 42.2 Å². The Morgan fingerprint density at radius 2 is 1.63 bits per heavy atom. The third kappa shape index (κ3) is 5.94. The van der Waals surface area contributed by atoms with Crippen LogP contribution in [-0.2, 0) is 0 Å². The van der Waals surface area contributed by atoms with Crippen molar-refractivity contribution in [2.45, 2.75) is 6.92 Å². The molecular weight excluding hydrogens is 538 g/mol. The van der Waals surface area contributed by atoms with Crippen molar-refractivity contribution in [3.05, 3.63) is 94.5 Å². The zero-order chi connectivity index (χ0) is 28.9. The van der Waals surface area contributed by atoms with Crippen LogP contribution in [0.1, 0.15) is 16.7 Å². The number of benzene rings is 4. The average Bonchev–Trinajstić information content (AvgIpc) is 2.98. The highest BCUT2D eigenvalue weighted by Crippen LogP contribution is 2.37. The van der Waals surface area contributed by atoms with E-state index in [2.05, 4.69) is 22.6 Å². The number of rotatable bonds is 8. The summed E-state index contributed by atoms with van der Waals surface area (Å²) in [5.41, 5.74) is 4.15. The van der Waals surface area contributed by atoms with E-state index >= 15 is 0 Å². The number of nitrogens with zero attached hydrogens (tertiary/aromatic N) is 3. The highest BCUT2D eigenvalue weighted by atomic mass is 35.5. The number of aryl methyl sites for hydroxylation is 1. The molecule has 0 fully saturated rings. The van der Waals surface area contributed by atoms with Crippen molar-refractivity contribution in [2.75, 3.05) is 24.9 Å². The minimum absolute atomic E-state index is 0.322. The molecule has 0 saturated heterocycles. The van der Waals surface area contributed by atoms with Gasteiger partial charge >= 0.3 is 0 Å². The van der Waals surface area contributed by atoms with Crippen LogP contribution in [0.2, 0.25) is 5.02 Å². The lowest BCUT2D eigenvalue weighted by Crippen LogP contribution is -2.03. The van der Waals surface area contributed by atoms with E-state index < -0.39 is 0 Å². The van der Waals surface area contributed by atoms with E-state index in [0.29, 0.717) is 56.6 Å². The summed E-state index contributed by atoms with van der Waals surface area (Å²) in [7, 11) is 3.14. The molecule has 0 aliphatic carbocycles. The minimum Gasteiger partial charge on any atom is -0.493 e. The van der Waals surface area contributed by atoms with Crippen LogP contribution in [0.4, 0.5) is 23.1 Å². The number of ether oxygens (including phenoxy) is 3. The highest BCUT2D eigenvalue weighted by Gasteiger charge is 2.15. The van der Waals surface area contributed by atoms with Gasteiger partial charge in [-0.2, -0.15) is 10.2 Å². The molecule has 4 aromatic carbocycles. The summed E-state index contributed by atoms with van der Waals surface area (Å²) in [5, 5.41) is 16.9. The summed E-state index contributed by atoms with van der Waals surface area (Å²) in [4.78, 5) is 9.48. The first-order valence-corrected chi connectivity index (χ1v) is 12.8. The average molecular weight is 562 g/mol. The smallest absolute Gasteiger partial charge is 0.229 e. The van der Waals surface area contributed by atoms with Crippen molar-refractivity contribution in [3.8, 4) is 41.4 Å². The van der Waals surface area contributed by atoms with Crippen LogP contribution in [-0.4, -0.2) is 24.2 Å². The first-order valence-electron chi connectivity index (χ1n) is 12.4. The summed E-state index contributed by atoms with van der Waals surface area (Å²) >= 11 is 6.44. The van der Waals surface area contributed by atoms with Crippen LogP contribution in [0.5, 0.6) is 23.0 Å². The van der Waals surface area contributed by atoms with Gasteiger partial charge in [0.25, 0.3) is 0 Å². The molecule has 0 amide bonds. The molecule has 5 rings (SSSR count). The van der Waals surface area contributed by atoms with Crippen LogP contribution in [0, 0.1) is 30.6 Å². The molecule has 1 aromatic heterocycles. The van der Waals surface area contributed by atoms with E-state index in [0.717, 1.165) is 22.2 Å². The fourth-order valence-corrected chi connectivity index (χ4v) is 4.33. The molecule has 8 nitrogen and oxygen atoms in total. The second-order valence-corrected chi connectivity index (χ2v) is 9.34. The van der Waals surface area contributed by atoms with Crippen molar-refractivity contribution in [1.82, 2.24) is 9.97 Å². The van der Waals surface area contributed by atoms with Gasteiger partial charge in [0.2, 0.25) is 5.95 Å². The molecule has 202 valence electrons. The normalized spacial score (nSPS) is 10.4. The second kappa shape index (κ2) is 11.7. The predicted molar refractivity (Wildman–Crippen MR) is 161 cm³/mol. The first-order chi connectivity index (χ1) is 19.9. The fraction of sp³-hybridized carbons (Fsp3) is 0.0938. The SMILES string of the molecule is C#Cc1cccc(Nc2nc(Nc3ccc(Cl)c(Oc4ccc(C#N)c(C)c4)c3)nc3cc(OC)c(OC)cc23)c1. The maximum Gasteiger partial charge on any atom is 0.229 e. The van der Waals surface area contributed by atoms with Crippen LogP contribution in [0.25, 0.3) is 10.9 Å². The molecule has 41 heavy (non-hydrogen) atoms. The maximum absolute atomic E-state index is 9.21. The molecule has 0 aliphatic heterocycles. The van der Waals surface area contributed by atoms with Gasteiger partial charge in [-0.1, -0.05) is 23.6 Å². The Morgan fingerprint density at radius 1 is 0.854 bits per heavy atom. The number of nitrogens with one attached hydrogen (secondary N) is 2. The minimum atomic E-state index is 0.322. The zero-order valence-electron chi connectivity index (χ0n) is 22.4. The molecule has 0 atom stereocenters. The lowest BCUT2D eigenvalue weighted by Gasteiger charge is -2.15. The quantitative estimate of drug-likeness (QED) is 0.185.